The van der Waals surface area contributed by atoms with Gasteiger partial charge in [0, 0.05) is 31.9 Å². The molecule has 2 rings (SSSR count). The highest BCUT2D eigenvalue weighted by Crippen LogP contribution is 2.31. The number of hydrogen-bond donors (Lipinski definition) is 1. The predicted molar refractivity (Wildman–Crippen MR) is 71.9 cm³/mol. The fourth-order valence-corrected chi connectivity index (χ4v) is 1.80. The average Bonchev–Trinajstić information content (AvgIpc) is 2.83. The Morgan fingerprint density at radius 3 is 2.81 bits per heavy atom. The van der Waals surface area contributed by atoms with Crippen molar-refractivity contribution in [3.8, 4) is 5.75 Å². The number of nitrogens with zero attached hydrogens (tertiary/aromatic N) is 2. The minimum absolute atomic E-state index is 0.216. The van der Waals surface area contributed by atoms with Crippen molar-refractivity contribution in [2.75, 3.05) is 13.2 Å². The number of alkyl halides is 3. The molecule has 1 heterocycles. The quantitative estimate of drug-likeness (QED) is 0.833. The Hall–Kier alpha value is -2.02. The smallest absolute Gasteiger partial charge is 0.416 e. The van der Waals surface area contributed by atoms with Gasteiger partial charge < -0.3 is 10.1 Å². The maximum atomic E-state index is 12.5. The number of hydrogen-bond acceptors (Lipinski definition) is 3. The van der Waals surface area contributed by atoms with E-state index >= 15 is 0 Å². The first-order chi connectivity index (χ1) is 9.95. The Morgan fingerprint density at radius 1 is 1.33 bits per heavy atom. The van der Waals surface area contributed by atoms with E-state index in [-0.39, 0.29) is 5.75 Å². The fourth-order valence-electron chi connectivity index (χ4n) is 1.80. The Balaban J connectivity index is 1.73. The number of aryl methyl sites for hydroxylation is 1. The van der Waals surface area contributed by atoms with Gasteiger partial charge in [0.2, 0.25) is 0 Å². The third-order valence-electron chi connectivity index (χ3n) is 2.80. The molecular weight excluding hydrogens is 283 g/mol. The standard InChI is InChI=1S/C14H16F3N3O/c1-20-10-11(9-19-20)8-18-5-6-21-13-4-2-3-12(7-13)14(15,16)17/h2-4,7,9-10,18H,5-6,8H2,1H3. The summed E-state index contributed by atoms with van der Waals surface area (Å²) < 4.78 is 44.6. The third kappa shape index (κ3) is 4.78. The molecule has 0 amide bonds. The molecule has 0 atom stereocenters. The van der Waals surface area contributed by atoms with Crippen molar-refractivity contribution in [1.29, 1.82) is 0 Å². The van der Waals surface area contributed by atoms with Gasteiger partial charge in [-0.15, -0.1) is 0 Å². The van der Waals surface area contributed by atoms with Crippen LogP contribution < -0.4 is 10.1 Å². The first-order valence-corrected chi connectivity index (χ1v) is 6.43. The second-order valence-electron chi connectivity index (χ2n) is 4.57. The second-order valence-corrected chi connectivity index (χ2v) is 4.57. The van der Waals surface area contributed by atoms with Gasteiger partial charge in [-0.1, -0.05) is 6.07 Å². The topological polar surface area (TPSA) is 39.1 Å². The van der Waals surface area contributed by atoms with Crippen LogP contribution in [0.1, 0.15) is 11.1 Å². The van der Waals surface area contributed by atoms with E-state index in [0.717, 1.165) is 17.7 Å². The molecule has 0 spiro atoms. The van der Waals surface area contributed by atoms with Crippen LogP contribution in [0.3, 0.4) is 0 Å². The number of rotatable bonds is 6. The molecule has 0 saturated carbocycles. The van der Waals surface area contributed by atoms with Gasteiger partial charge in [-0.05, 0) is 18.2 Å². The zero-order valence-corrected chi connectivity index (χ0v) is 11.5. The maximum absolute atomic E-state index is 12.5. The van der Waals surface area contributed by atoms with Gasteiger partial charge in [0.1, 0.15) is 12.4 Å². The number of nitrogens with one attached hydrogen (secondary N) is 1. The Kier molecular flexibility index (Phi) is 4.85. The average molecular weight is 299 g/mol. The van der Waals surface area contributed by atoms with Crippen LogP contribution >= 0.6 is 0 Å². The summed E-state index contributed by atoms with van der Waals surface area (Å²) in [4.78, 5) is 0. The highest BCUT2D eigenvalue weighted by Gasteiger charge is 2.30. The van der Waals surface area contributed by atoms with Crippen LogP contribution in [0.5, 0.6) is 5.75 Å². The lowest BCUT2D eigenvalue weighted by molar-refractivity contribution is -0.137. The molecule has 1 aromatic heterocycles. The summed E-state index contributed by atoms with van der Waals surface area (Å²) in [5.41, 5.74) is 0.333. The van der Waals surface area contributed by atoms with E-state index in [2.05, 4.69) is 10.4 Å². The van der Waals surface area contributed by atoms with Gasteiger partial charge in [0.05, 0.1) is 11.8 Å². The molecule has 4 nitrogen and oxygen atoms in total. The maximum Gasteiger partial charge on any atom is 0.416 e. The van der Waals surface area contributed by atoms with E-state index in [1.165, 1.54) is 12.1 Å². The van der Waals surface area contributed by atoms with Gasteiger partial charge in [-0.3, -0.25) is 4.68 Å². The van der Waals surface area contributed by atoms with Crippen LogP contribution in [0.2, 0.25) is 0 Å². The molecule has 2 aromatic rings. The van der Waals surface area contributed by atoms with Gasteiger partial charge in [0.25, 0.3) is 0 Å². The summed E-state index contributed by atoms with van der Waals surface area (Å²) in [5, 5.41) is 7.16. The fraction of sp³-hybridized carbons (Fsp3) is 0.357. The van der Waals surface area contributed by atoms with Crippen LogP contribution in [0.15, 0.2) is 36.7 Å². The number of aromatic nitrogens is 2. The summed E-state index contributed by atoms with van der Waals surface area (Å²) in [6.07, 6.45) is -0.709. The van der Waals surface area contributed by atoms with Crippen LogP contribution in [0.4, 0.5) is 13.2 Å². The first kappa shape index (κ1) is 15.4. The van der Waals surface area contributed by atoms with Gasteiger partial charge in [-0.2, -0.15) is 18.3 Å². The lowest BCUT2D eigenvalue weighted by Crippen LogP contribution is -2.20. The van der Waals surface area contributed by atoms with Gasteiger partial charge in [-0.25, -0.2) is 0 Å². The molecular formula is C14H16F3N3O. The molecule has 1 N–H and O–H groups in total. The predicted octanol–water partition coefficient (Wildman–Crippen LogP) is 2.61. The molecule has 114 valence electrons. The van der Waals surface area contributed by atoms with Crippen LogP contribution in [0, 0.1) is 0 Å². The molecule has 0 radical (unpaired) electrons. The Morgan fingerprint density at radius 2 is 2.14 bits per heavy atom. The number of ether oxygens (including phenoxy) is 1. The van der Waals surface area contributed by atoms with Crippen LogP contribution in [-0.4, -0.2) is 22.9 Å². The molecule has 0 aliphatic rings. The van der Waals surface area contributed by atoms with E-state index < -0.39 is 11.7 Å². The molecule has 21 heavy (non-hydrogen) atoms. The van der Waals surface area contributed by atoms with E-state index in [4.69, 9.17) is 4.74 Å². The lowest BCUT2D eigenvalue weighted by Gasteiger charge is -2.10. The molecule has 0 aliphatic heterocycles. The monoisotopic (exact) mass is 299 g/mol. The van der Waals surface area contributed by atoms with Gasteiger partial charge >= 0.3 is 6.18 Å². The van der Waals surface area contributed by atoms with Crippen molar-refractivity contribution in [3.05, 3.63) is 47.8 Å². The van der Waals surface area contributed by atoms with Crippen molar-refractivity contribution in [2.24, 2.45) is 7.05 Å². The Labute approximate surface area is 120 Å². The zero-order chi connectivity index (χ0) is 15.3. The molecule has 0 aliphatic carbocycles. The van der Waals surface area contributed by atoms with Crippen molar-refractivity contribution in [3.63, 3.8) is 0 Å². The molecule has 0 saturated heterocycles. The number of benzene rings is 1. The van der Waals surface area contributed by atoms with Crippen molar-refractivity contribution in [1.82, 2.24) is 15.1 Å². The van der Waals surface area contributed by atoms with Crippen molar-refractivity contribution < 1.29 is 17.9 Å². The summed E-state index contributed by atoms with van der Waals surface area (Å²) in [6.45, 7) is 1.46. The molecule has 0 unspecified atom stereocenters. The van der Waals surface area contributed by atoms with Crippen LogP contribution in [0.25, 0.3) is 0 Å². The highest BCUT2D eigenvalue weighted by molar-refractivity contribution is 5.30. The second kappa shape index (κ2) is 6.62. The normalized spacial score (nSPS) is 11.6. The Bertz CT molecular complexity index is 581. The van der Waals surface area contributed by atoms with Crippen LogP contribution in [-0.2, 0) is 19.8 Å². The summed E-state index contributed by atoms with van der Waals surface area (Å²) >= 11 is 0. The summed E-state index contributed by atoms with van der Waals surface area (Å²) in [6, 6.07) is 4.87. The summed E-state index contributed by atoms with van der Waals surface area (Å²) in [5.74, 6) is 0.216. The van der Waals surface area contributed by atoms with E-state index in [9.17, 15) is 13.2 Å². The molecule has 0 bridgehead atoms. The first-order valence-electron chi connectivity index (χ1n) is 6.43. The van der Waals surface area contributed by atoms with Crippen molar-refractivity contribution in [2.45, 2.75) is 12.7 Å². The minimum atomic E-state index is -4.35. The minimum Gasteiger partial charge on any atom is -0.492 e. The summed E-state index contributed by atoms with van der Waals surface area (Å²) in [7, 11) is 1.83. The molecule has 7 heteroatoms. The SMILES string of the molecule is Cn1cc(CNCCOc2cccc(C(F)(F)F)c2)cn1. The van der Waals surface area contributed by atoms with E-state index in [1.807, 2.05) is 13.2 Å². The van der Waals surface area contributed by atoms with E-state index in [0.29, 0.717) is 19.7 Å². The zero-order valence-electron chi connectivity index (χ0n) is 11.5. The van der Waals surface area contributed by atoms with Gasteiger partial charge in [0.15, 0.2) is 0 Å². The van der Waals surface area contributed by atoms with E-state index in [1.54, 1.807) is 10.9 Å². The number of halogens is 3. The molecule has 0 fully saturated rings. The van der Waals surface area contributed by atoms with Crippen molar-refractivity contribution >= 4 is 0 Å². The largest absolute Gasteiger partial charge is 0.492 e. The molecule has 1 aromatic carbocycles. The highest BCUT2D eigenvalue weighted by atomic mass is 19.4. The lowest BCUT2D eigenvalue weighted by atomic mass is 10.2. The third-order valence-corrected chi connectivity index (χ3v) is 2.80.